The first-order valence-electron chi connectivity index (χ1n) is 9.87. The maximum Gasteiger partial charge on any atom is 0.335 e. The number of carboxylic acid groups (broad SMARTS) is 1. The van der Waals surface area contributed by atoms with E-state index >= 15 is 0 Å². The fourth-order valence-electron chi connectivity index (χ4n) is 4.18. The van der Waals surface area contributed by atoms with E-state index in [1.165, 1.54) is 31.2 Å². The summed E-state index contributed by atoms with van der Waals surface area (Å²) in [5.41, 5.74) is 3.50. The number of aryl methyl sites for hydroxylation is 1. The molecule has 1 atom stereocenters. The number of hydrogen-bond donors (Lipinski definition) is 2. The Morgan fingerprint density at radius 2 is 1.75 bits per heavy atom. The monoisotopic (exact) mass is 375 g/mol. The molecule has 1 fully saturated rings. The molecule has 0 radical (unpaired) electrons. The first kappa shape index (κ1) is 18.4. The lowest BCUT2D eigenvalue weighted by Gasteiger charge is -2.25. The maximum absolute atomic E-state index is 11.1. The number of nitrogens with one attached hydrogen (secondary N) is 1. The van der Waals surface area contributed by atoms with E-state index < -0.39 is 5.97 Å². The summed E-state index contributed by atoms with van der Waals surface area (Å²) in [4.78, 5) is 11.1. The van der Waals surface area contributed by atoms with Crippen LogP contribution in [-0.4, -0.2) is 11.1 Å². The molecule has 144 valence electrons. The smallest absolute Gasteiger partial charge is 0.335 e. The van der Waals surface area contributed by atoms with Crippen LogP contribution in [0.1, 0.15) is 53.4 Å². The molecule has 1 unspecified atom stereocenters. The van der Waals surface area contributed by atoms with Crippen LogP contribution in [0.15, 0.2) is 65.1 Å². The van der Waals surface area contributed by atoms with Crippen molar-refractivity contribution in [3.05, 3.63) is 77.6 Å². The molecule has 0 bridgehead atoms. The highest BCUT2D eigenvalue weighted by molar-refractivity contribution is 5.88. The second-order valence-corrected chi connectivity index (χ2v) is 7.54. The van der Waals surface area contributed by atoms with Gasteiger partial charge < -0.3 is 14.8 Å². The molecule has 1 heterocycles. The standard InChI is InChI=1S/C24H25NO3/c1-16-21(15-22(28-16)17-7-3-2-4-8-17)23(18-9-5-6-10-18)25-20-13-11-19(12-14-20)24(26)27/h2-4,7-8,11-15,18,23,25H,5-6,9-10H2,1H3,(H,26,27). The van der Waals surface area contributed by atoms with Gasteiger partial charge in [0.05, 0.1) is 11.6 Å². The number of hydrogen-bond acceptors (Lipinski definition) is 3. The SMILES string of the molecule is Cc1oc(-c2ccccc2)cc1C(Nc1ccc(C(=O)O)cc1)C1CCCC1. The van der Waals surface area contributed by atoms with E-state index in [0.717, 1.165) is 22.8 Å². The van der Waals surface area contributed by atoms with Gasteiger partial charge in [0.1, 0.15) is 11.5 Å². The molecule has 4 heteroatoms. The maximum atomic E-state index is 11.1. The first-order valence-corrected chi connectivity index (χ1v) is 9.87. The molecule has 0 aliphatic heterocycles. The summed E-state index contributed by atoms with van der Waals surface area (Å²) in [6, 6.07) is 19.5. The molecule has 0 saturated heterocycles. The first-order chi connectivity index (χ1) is 13.6. The number of furan rings is 1. The van der Waals surface area contributed by atoms with Crippen LogP contribution in [-0.2, 0) is 0 Å². The molecule has 2 N–H and O–H groups in total. The second kappa shape index (κ2) is 7.93. The number of aromatic carboxylic acids is 1. The summed E-state index contributed by atoms with van der Waals surface area (Å²) in [5, 5.41) is 12.8. The largest absolute Gasteiger partial charge is 0.478 e. The van der Waals surface area contributed by atoms with Crippen molar-refractivity contribution in [3.8, 4) is 11.3 Å². The third-order valence-electron chi connectivity index (χ3n) is 5.67. The summed E-state index contributed by atoms with van der Waals surface area (Å²) in [5.74, 6) is 1.46. The van der Waals surface area contributed by atoms with Gasteiger partial charge in [-0.2, -0.15) is 0 Å². The second-order valence-electron chi connectivity index (χ2n) is 7.54. The summed E-state index contributed by atoms with van der Waals surface area (Å²) in [7, 11) is 0. The molecule has 0 amide bonds. The van der Waals surface area contributed by atoms with Crippen LogP contribution in [0.3, 0.4) is 0 Å². The predicted molar refractivity (Wildman–Crippen MR) is 111 cm³/mol. The Labute approximate surface area is 165 Å². The lowest BCUT2D eigenvalue weighted by molar-refractivity contribution is 0.0697. The number of rotatable bonds is 6. The van der Waals surface area contributed by atoms with Crippen molar-refractivity contribution in [2.24, 2.45) is 5.92 Å². The summed E-state index contributed by atoms with van der Waals surface area (Å²) in [6.45, 7) is 2.03. The molecule has 1 aliphatic carbocycles. The van der Waals surface area contributed by atoms with E-state index in [2.05, 4.69) is 23.5 Å². The van der Waals surface area contributed by atoms with Gasteiger partial charge in [0, 0.05) is 16.8 Å². The predicted octanol–water partition coefficient (Wildman–Crippen LogP) is 6.30. The van der Waals surface area contributed by atoms with Crippen molar-refractivity contribution in [2.45, 2.75) is 38.6 Å². The minimum absolute atomic E-state index is 0.152. The van der Waals surface area contributed by atoms with Gasteiger partial charge in [0.15, 0.2) is 0 Å². The highest BCUT2D eigenvalue weighted by Crippen LogP contribution is 2.41. The zero-order valence-electron chi connectivity index (χ0n) is 16.0. The molecule has 1 aliphatic rings. The molecule has 3 aromatic rings. The third-order valence-corrected chi connectivity index (χ3v) is 5.67. The highest BCUT2D eigenvalue weighted by Gasteiger charge is 2.29. The molecule has 4 nitrogen and oxygen atoms in total. The summed E-state index contributed by atoms with van der Waals surface area (Å²) in [6.07, 6.45) is 4.89. The molecule has 1 aromatic heterocycles. The van der Waals surface area contributed by atoms with Crippen molar-refractivity contribution in [1.29, 1.82) is 0 Å². The Morgan fingerprint density at radius 1 is 1.07 bits per heavy atom. The normalized spacial score (nSPS) is 15.5. The van der Waals surface area contributed by atoms with Gasteiger partial charge in [-0.1, -0.05) is 43.2 Å². The number of carbonyl (C=O) groups is 1. The Kier molecular flexibility index (Phi) is 5.20. The lowest BCUT2D eigenvalue weighted by Crippen LogP contribution is -2.19. The third kappa shape index (κ3) is 3.81. The molecule has 2 aromatic carbocycles. The van der Waals surface area contributed by atoms with Gasteiger partial charge in [-0.05, 0) is 56.0 Å². The van der Waals surface area contributed by atoms with Crippen LogP contribution in [0.25, 0.3) is 11.3 Å². The van der Waals surface area contributed by atoms with Crippen LogP contribution >= 0.6 is 0 Å². The van der Waals surface area contributed by atoms with E-state index in [9.17, 15) is 4.79 Å². The lowest BCUT2D eigenvalue weighted by atomic mass is 9.91. The van der Waals surface area contributed by atoms with Gasteiger partial charge in [0.25, 0.3) is 0 Å². The van der Waals surface area contributed by atoms with Crippen molar-refractivity contribution in [3.63, 3.8) is 0 Å². The van der Waals surface area contributed by atoms with Crippen molar-refractivity contribution < 1.29 is 14.3 Å². The van der Waals surface area contributed by atoms with Crippen LogP contribution in [0, 0.1) is 12.8 Å². The van der Waals surface area contributed by atoms with E-state index in [1.807, 2.05) is 37.3 Å². The average molecular weight is 375 g/mol. The summed E-state index contributed by atoms with van der Waals surface area (Å²) >= 11 is 0. The van der Waals surface area contributed by atoms with Crippen LogP contribution in [0.5, 0.6) is 0 Å². The Hall–Kier alpha value is -3.01. The Morgan fingerprint density at radius 3 is 2.39 bits per heavy atom. The molecule has 1 saturated carbocycles. The van der Waals surface area contributed by atoms with Crippen molar-refractivity contribution >= 4 is 11.7 Å². The van der Waals surface area contributed by atoms with E-state index in [4.69, 9.17) is 9.52 Å². The Balaban J connectivity index is 1.65. The van der Waals surface area contributed by atoms with Crippen molar-refractivity contribution in [2.75, 3.05) is 5.32 Å². The van der Waals surface area contributed by atoms with E-state index in [0.29, 0.717) is 11.5 Å². The summed E-state index contributed by atoms with van der Waals surface area (Å²) < 4.78 is 6.11. The molecule has 4 rings (SSSR count). The molecule has 0 spiro atoms. The number of carboxylic acids is 1. The number of anilines is 1. The highest BCUT2D eigenvalue weighted by atomic mass is 16.4. The molecular weight excluding hydrogens is 350 g/mol. The fraction of sp³-hybridized carbons (Fsp3) is 0.292. The van der Waals surface area contributed by atoms with Crippen LogP contribution in [0.2, 0.25) is 0 Å². The zero-order valence-corrected chi connectivity index (χ0v) is 16.0. The van der Waals surface area contributed by atoms with E-state index in [-0.39, 0.29) is 6.04 Å². The molecular formula is C24H25NO3. The van der Waals surface area contributed by atoms with Gasteiger partial charge >= 0.3 is 5.97 Å². The minimum atomic E-state index is -0.905. The van der Waals surface area contributed by atoms with Gasteiger partial charge in [-0.3, -0.25) is 0 Å². The van der Waals surface area contributed by atoms with Crippen molar-refractivity contribution in [1.82, 2.24) is 0 Å². The van der Waals surface area contributed by atoms with Crippen LogP contribution < -0.4 is 5.32 Å². The van der Waals surface area contributed by atoms with Gasteiger partial charge in [-0.15, -0.1) is 0 Å². The fourth-order valence-corrected chi connectivity index (χ4v) is 4.18. The average Bonchev–Trinajstić information content (AvgIpc) is 3.37. The zero-order chi connectivity index (χ0) is 19.5. The minimum Gasteiger partial charge on any atom is -0.478 e. The topological polar surface area (TPSA) is 62.5 Å². The Bertz CT molecular complexity index is 938. The quantitative estimate of drug-likeness (QED) is 0.531. The molecule has 28 heavy (non-hydrogen) atoms. The van der Waals surface area contributed by atoms with Gasteiger partial charge in [-0.25, -0.2) is 4.79 Å². The van der Waals surface area contributed by atoms with Gasteiger partial charge in [0.2, 0.25) is 0 Å². The number of benzene rings is 2. The van der Waals surface area contributed by atoms with Crippen LogP contribution in [0.4, 0.5) is 5.69 Å². The van der Waals surface area contributed by atoms with E-state index in [1.54, 1.807) is 12.1 Å².